The lowest BCUT2D eigenvalue weighted by Gasteiger charge is -2.26. The highest BCUT2D eigenvalue weighted by atomic mass is 16.5. The van der Waals surface area contributed by atoms with E-state index in [-0.39, 0.29) is 6.10 Å². The molecule has 0 fully saturated rings. The molecule has 0 amide bonds. The predicted octanol–water partition coefficient (Wildman–Crippen LogP) is 2.95. The van der Waals surface area contributed by atoms with Crippen molar-refractivity contribution in [3.63, 3.8) is 0 Å². The van der Waals surface area contributed by atoms with Gasteiger partial charge in [-0.1, -0.05) is 25.1 Å². The second-order valence-corrected chi connectivity index (χ2v) is 6.58. The Morgan fingerprint density at radius 1 is 1.28 bits per heavy atom. The van der Waals surface area contributed by atoms with Crippen molar-refractivity contribution in [1.29, 1.82) is 0 Å². The van der Waals surface area contributed by atoms with Gasteiger partial charge in [0.25, 0.3) is 0 Å². The first kappa shape index (κ1) is 17.7. The van der Waals surface area contributed by atoms with Crippen LogP contribution in [0.1, 0.15) is 30.9 Å². The number of hydrogen-bond acceptors (Lipinski definition) is 4. The van der Waals surface area contributed by atoms with Gasteiger partial charge in [0.2, 0.25) is 0 Å². The molecule has 0 saturated carbocycles. The Hall–Kier alpha value is -2.11. The van der Waals surface area contributed by atoms with Gasteiger partial charge in [-0.2, -0.15) is 5.10 Å². The molecular formula is C20H27N3O2. The Bertz CT molecular complexity index is 706. The number of nitrogens with zero attached hydrogens (tertiary/aromatic N) is 3. The molecule has 0 spiro atoms. The van der Waals surface area contributed by atoms with Crippen LogP contribution >= 0.6 is 0 Å². The smallest absolute Gasteiger partial charge is 0.118 e. The van der Waals surface area contributed by atoms with E-state index in [4.69, 9.17) is 4.74 Å². The molecule has 0 saturated heterocycles. The molecule has 1 aliphatic heterocycles. The summed E-state index contributed by atoms with van der Waals surface area (Å²) >= 11 is 0. The molecule has 2 heterocycles. The van der Waals surface area contributed by atoms with Crippen molar-refractivity contribution in [3.8, 4) is 5.75 Å². The first-order valence-corrected chi connectivity index (χ1v) is 8.93. The summed E-state index contributed by atoms with van der Waals surface area (Å²) in [7, 11) is 1.69. The monoisotopic (exact) mass is 341 g/mol. The number of methoxy groups -OCH3 is 1. The first-order chi connectivity index (χ1) is 12.2. The Morgan fingerprint density at radius 2 is 2.08 bits per heavy atom. The number of aliphatic hydroxyl groups excluding tert-OH is 1. The number of benzene rings is 1. The van der Waals surface area contributed by atoms with Crippen LogP contribution in [0.15, 0.2) is 42.7 Å². The molecular weight excluding hydrogens is 314 g/mol. The van der Waals surface area contributed by atoms with Gasteiger partial charge in [0.15, 0.2) is 0 Å². The number of hydrogen-bond donors (Lipinski definition) is 1. The zero-order valence-corrected chi connectivity index (χ0v) is 15.1. The molecule has 1 aromatic carbocycles. The van der Waals surface area contributed by atoms with Crippen molar-refractivity contribution in [2.45, 2.75) is 39.0 Å². The highest BCUT2D eigenvalue weighted by molar-refractivity contribution is 5.65. The fourth-order valence-electron chi connectivity index (χ4n) is 3.08. The lowest BCUT2D eigenvalue weighted by atomic mass is 10.0. The van der Waals surface area contributed by atoms with Crippen LogP contribution in [0.3, 0.4) is 0 Å². The Balaban J connectivity index is 1.56. The highest BCUT2D eigenvalue weighted by Crippen LogP contribution is 2.23. The third-order valence-electron chi connectivity index (χ3n) is 4.73. The summed E-state index contributed by atoms with van der Waals surface area (Å²) in [5.41, 5.74) is 3.83. The van der Waals surface area contributed by atoms with Gasteiger partial charge in [0.1, 0.15) is 5.75 Å². The quantitative estimate of drug-likeness (QED) is 0.841. The Labute approximate surface area is 149 Å². The molecule has 5 nitrogen and oxygen atoms in total. The molecule has 25 heavy (non-hydrogen) atoms. The number of aromatic nitrogens is 2. The van der Waals surface area contributed by atoms with Gasteiger partial charge in [-0.15, -0.1) is 0 Å². The lowest BCUT2D eigenvalue weighted by Crippen LogP contribution is -2.27. The average molecular weight is 341 g/mol. The molecule has 134 valence electrons. The van der Waals surface area contributed by atoms with E-state index >= 15 is 0 Å². The topological polar surface area (TPSA) is 50.5 Å². The second kappa shape index (κ2) is 8.32. The largest absolute Gasteiger partial charge is 0.497 e. The van der Waals surface area contributed by atoms with E-state index in [1.54, 1.807) is 7.11 Å². The lowest BCUT2D eigenvalue weighted by molar-refractivity contribution is 0.145. The number of aliphatic hydroxyl groups is 1. The van der Waals surface area contributed by atoms with Gasteiger partial charge < -0.3 is 9.84 Å². The minimum Gasteiger partial charge on any atom is -0.497 e. The van der Waals surface area contributed by atoms with Gasteiger partial charge in [0, 0.05) is 31.4 Å². The Morgan fingerprint density at radius 3 is 2.72 bits per heavy atom. The van der Waals surface area contributed by atoms with E-state index in [0.29, 0.717) is 6.54 Å². The Kier molecular flexibility index (Phi) is 5.89. The summed E-state index contributed by atoms with van der Waals surface area (Å²) in [5, 5.41) is 14.1. The minimum atomic E-state index is -0.326. The van der Waals surface area contributed by atoms with Crippen LogP contribution in [-0.2, 0) is 13.1 Å². The van der Waals surface area contributed by atoms with Crippen molar-refractivity contribution in [3.05, 3.63) is 53.9 Å². The minimum absolute atomic E-state index is 0.326. The van der Waals surface area contributed by atoms with Crippen LogP contribution in [0, 0.1) is 0 Å². The van der Waals surface area contributed by atoms with Crippen LogP contribution in [-0.4, -0.2) is 46.1 Å². The van der Waals surface area contributed by atoms with E-state index in [9.17, 15) is 5.11 Å². The van der Waals surface area contributed by atoms with E-state index in [1.807, 2.05) is 36.1 Å². The van der Waals surface area contributed by atoms with E-state index in [2.05, 4.69) is 28.2 Å². The van der Waals surface area contributed by atoms with Gasteiger partial charge in [-0.25, -0.2) is 0 Å². The molecule has 1 N–H and O–H groups in total. The molecule has 1 aromatic heterocycles. The van der Waals surface area contributed by atoms with Gasteiger partial charge >= 0.3 is 0 Å². The third-order valence-corrected chi connectivity index (χ3v) is 4.73. The molecule has 3 rings (SSSR count). The molecule has 1 aliphatic rings. The van der Waals surface area contributed by atoms with Gasteiger partial charge in [-0.3, -0.25) is 9.58 Å². The normalized spacial score (nSPS) is 16.5. The number of rotatable bonds is 7. The van der Waals surface area contributed by atoms with Crippen LogP contribution in [0.4, 0.5) is 0 Å². The fraction of sp³-hybridized carbons (Fsp3) is 0.450. The van der Waals surface area contributed by atoms with Crippen molar-refractivity contribution in [2.75, 3.05) is 20.2 Å². The van der Waals surface area contributed by atoms with Gasteiger partial charge in [0.05, 0.1) is 26.0 Å². The predicted molar refractivity (Wildman–Crippen MR) is 99.4 cm³/mol. The van der Waals surface area contributed by atoms with Crippen molar-refractivity contribution in [1.82, 2.24) is 14.7 Å². The maximum Gasteiger partial charge on any atom is 0.118 e. The van der Waals surface area contributed by atoms with Crippen molar-refractivity contribution >= 4 is 5.57 Å². The molecule has 2 aromatic rings. The average Bonchev–Trinajstić information content (AvgIpc) is 3.11. The van der Waals surface area contributed by atoms with Crippen molar-refractivity contribution < 1.29 is 9.84 Å². The molecule has 1 atom stereocenters. The summed E-state index contributed by atoms with van der Waals surface area (Å²) in [5.74, 6) is 0.898. The molecule has 0 aliphatic carbocycles. The number of ether oxygens (including phenoxy) is 1. The molecule has 5 heteroatoms. The van der Waals surface area contributed by atoms with Crippen LogP contribution in [0.2, 0.25) is 0 Å². The van der Waals surface area contributed by atoms with Crippen LogP contribution in [0.5, 0.6) is 5.75 Å². The summed E-state index contributed by atoms with van der Waals surface area (Å²) in [6.07, 6.45) is 7.70. The van der Waals surface area contributed by atoms with E-state index in [0.717, 1.165) is 38.2 Å². The summed E-state index contributed by atoms with van der Waals surface area (Å²) in [4.78, 5) is 2.44. The summed E-state index contributed by atoms with van der Waals surface area (Å²) in [6.45, 7) is 5.49. The molecule has 0 unspecified atom stereocenters. The standard InChI is InChI=1S/C20H27N3O2/c1-3-19(24)15-23-14-18(12-21-23)17-8-10-22(11-9-17)13-16-4-6-20(25-2)7-5-16/h4-8,12,14,19,24H,3,9-11,13,15H2,1-2H3/t19-/m0/s1. The van der Waals surface area contributed by atoms with E-state index < -0.39 is 0 Å². The van der Waals surface area contributed by atoms with Crippen LogP contribution < -0.4 is 4.74 Å². The van der Waals surface area contributed by atoms with Crippen molar-refractivity contribution in [2.24, 2.45) is 0 Å². The maximum absolute atomic E-state index is 9.75. The zero-order valence-electron chi connectivity index (χ0n) is 15.1. The summed E-state index contributed by atoms with van der Waals surface area (Å²) in [6, 6.07) is 8.28. The first-order valence-electron chi connectivity index (χ1n) is 8.93. The fourth-order valence-corrected chi connectivity index (χ4v) is 3.08. The second-order valence-electron chi connectivity index (χ2n) is 6.58. The third kappa shape index (κ3) is 4.71. The van der Waals surface area contributed by atoms with Crippen LogP contribution in [0.25, 0.3) is 5.57 Å². The SMILES string of the molecule is CC[C@H](O)Cn1cc(C2=CCN(Cc3ccc(OC)cc3)CC2)cn1. The highest BCUT2D eigenvalue weighted by Gasteiger charge is 2.15. The van der Waals surface area contributed by atoms with Gasteiger partial charge in [-0.05, 0) is 36.1 Å². The maximum atomic E-state index is 9.75. The summed E-state index contributed by atoms with van der Waals surface area (Å²) < 4.78 is 7.05. The zero-order chi connectivity index (χ0) is 17.6. The molecule has 0 bridgehead atoms. The van der Waals surface area contributed by atoms with E-state index in [1.165, 1.54) is 16.7 Å². The molecule has 0 radical (unpaired) electrons.